The Morgan fingerprint density at radius 2 is 2.16 bits per heavy atom. The molecule has 25 heavy (non-hydrogen) atoms. The van der Waals surface area contributed by atoms with Gasteiger partial charge in [-0.05, 0) is 26.0 Å². The molecule has 1 aliphatic rings. The summed E-state index contributed by atoms with van der Waals surface area (Å²) in [5.41, 5.74) is 0.102. The second-order valence-electron chi connectivity index (χ2n) is 5.91. The molecule has 3 rings (SSSR count). The van der Waals surface area contributed by atoms with Gasteiger partial charge in [0.2, 0.25) is 5.56 Å². The van der Waals surface area contributed by atoms with Gasteiger partial charge in [0.1, 0.15) is 0 Å². The Morgan fingerprint density at radius 1 is 1.40 bits per heavy atom. The molecule has 2 N–H and O–H groups in total. The zero-order valence-corrected chi connectivity index (χ0v) is 14.5. The highest BCUT2D eigenvalue weighted by atomic mass is 35.5. The number of carbonyl (C=O) groups is 1. The van der Waals surface area contributed by atoms with E-state index >= 15 is 0 Å². The van der Waals surface area contributed by atoms with Crippen LogP contribution in [0.5, 0.6) is 0 Å². The van der Waals surface area contributed by atoms with Crippen LogP contribution in [0.25, 0.3) is 10.9 Å². The number of nitro groups is 1. The molecule has 1 aromatic heterocycles. The van der Waals surface area contributed by atoms with Gasteiger partial charge in [-0.1, -0.05) is 0 Å². The third-order valence-electron chi connectivity index (χ3n) is 4.38. The number of piperidine rings is 1. The summed E-state index contributed by atoms with van der Waals surface area (Å²) in [6.45, 7) is 1.17. The number of nitrogens with zero attached hydrogens (tertiary/aromatic N) is 2. The van der Waals surface area contributed by atoms with E-state index in [2.05, 4.69) is 10.3 Å². The summed E-state index contributed by atoms with van der Waals surface area (Å²) in [5, 5.41) is 14.6. The molecule has 1 fully saturated rings. The van der Waals surface area contributed by atoms with Crippen molar-refractivity contribution in [1.82, 2.24) is 15.2 Å². The number of carbonyl (C=O) groups excluding carboxylic acids is 1. The van der Waals surface area contributed by atoms with Crippen LogP contribution in [0.2, 0.25) is 0 Å². The summed E-state index contributed by atoms with van der Waals surface area (Å²) < 4.78 is 0. The molecule has 1 saturated heterocycles. The van der Waals surface area contributed by atoms with E-state index in [1.54, 1.807) is 4.90 Å². The van der Waals surface area contributed by atoms with Crippen LogP contribution >= 0.6 is 12.4 Å². The Hall–Kier alpha value is -2.45. The van der Waals surface area contributed by atoms with Crippen molar-refractivity contribution in [2.24, 2.45) is 0 Å². The van der Waals surface area contributed by atoms with E-state index in [0.717, 1.165) is 12.8 Å². The van der Waals surface area contributed by atoms with Crippen molar-refractivity contribution in [2.45, 2.75) is 18.9 Å². The standard InChI is InChI=1S/C16H18N4O4.ClH/c1-17-10-3-2-6-19(9-10)16(22)13-8-15(21)18-14-5-4-11(20(23)24)7-12(13)14;/h4-5,7-8,10,17H,2-3,6,9H2,1H3,(H,18,21);1H. The molecule has 1 atom stereocenters. The van der Waals surface area contributed by atoms with Crippen molar-refractivity contribution in [2.75, 3.05) is 20.1 Å². The lowest BCUT2D eigenvalue weighted by Crippen LogP contribution is -2.47. The van der Waals surface area contributed by atoms with Gasteiger partial charge < -0.3 is 15.2 Å². The molecule has 2 aromatic rings. The lowest BCUT2D eigenvalue weighted by molar-refractivity contribution is -0.384. The van der Waals surface area contributed by atoms with Gasteiger partial charge in [-0.25, -0.2) is 0 Å². The van der Waals surface area contributed by atoms with Gasteiger partial charge in [-0.3, -0.25) is 19.7 Å². The zero-order valence-electron chi connectivity index (χ0n) is 13.7. The zero-order chi connectivity index (χ0) is 17.3. The number of likely N-dealkylation sites (tertiary alicyclic amines) is 1. The predicted octanol–water partition coefficient (Wildman–Crippen LogP) is 1.68. The van der Waals surface area contributed by atoms with Crippen LogP contribution in [-0.4, -0.2) is 46.9 Å². The second-order valence-corrected chi connectivity index (χ2v) is 5.91. The van der Waals surface area contributed by atoms with Crippen LogP contribution < -0.4 is 10.9 Å². The largest absolute Gasteiger partial charge is 0.337 e. The van der Waals surface area contributed by atoms with E-state index in [9.17, 15) is 19.7 Å². The topological polar surface area (TPSA) is 108 Å². The number of H-pyrrole nitrogens is 1. The van der Waals surface area contributed by atoms with Gasteiger partial charge in [-0.2, -0.15) is 0 Å². The Balaban J connectivity index is 0.00000225. The second kappa shape index (κ2) is 7.62. The molecule has 0 radical (unpaired) electrons. The molecule has 134 valence electrons. The third-order valence-corrected chi connectivity index (χ3v) is 4.38. The number of pyridine rings is 1. The van der Waals surface area contributed by atoms with E-state index in [1.165, 1.54) is 24.3 Å². The Morgan fingerprint density at radius 3 is 2.84 bits per heavy atom. The Kier molecular flexibility index (Phi) is 5.76. The number of nitrogens with one attached hydrogen (secondary N) is 2. The smallest absolute Gasteiger partial charge is 0.270 e. The number of halogens is 1. The number of non-ortho nitro benzene ring substituents is 1. The number of hydrogen-bond donors (Lipinski definition) is 2. The number of amides is 1. The molecule has 0 saturated carbocycles. The number of likely N-dealkylation sites (N-methyl/N-ethyl adjacent to an activating group) is 1. The normalized spacial score (nSPS) is 17.2. The first kappa shape index (κ1) is 18.9. The number of fused-ring (bicyclic) bond motifs is 1. The summed E-state index contributed by atoms with van der Waals surface area (Å²) in [7, 11) is 1.85. The predicted molar refractivity (Wildman–Crippen MR) is 96.5 cm³/mol. The fourth-order valence-corrected chi connectivity index (χ4v) is 3.10. The highest BCUT2D eigenvalue weighted by molar-refractivity contribution is 6.06. The molecule has 1 unspecified atom stereocenters. The van der Waals surface area contributed by atoms with Crippen LogP contribution in [0.3, 0.4) is 0 Å². The highest BCUT2D eigenvalue weighted by Crippen LogP contribution is 2.23. The van der Waals surface area contributed by atoms with Gasteiger partial charge >= 0.3 is 0 Å². The molecule has 0 bridgehead atoms. The van der Waals surface area contributed by atoms with Gasteiger partial charge in [0, 0.05) is 48.2 Å². The van der Waals surface area contributed by atoms with Crippen LogP contribution in [0.15, 0.2) is 29.1 Å². The van der Waals surface area contributed by atoms with E-state index in [4.69, 9.17) is 0 Å². The number of aromatic amines is 1. The van der Waals surface area contributed by atoms with Crippen LogP contribution in [0.4, 0.5) is 5.69 Å². The molecule has 1 aromatic carbocycles. The summed E-state index contributed by atoms with van der Waals surface area (Å²) in [6, 6.07) is 5.53. The van der Waals surface area contributed by atoms with Crippen LogP contribution in [-0.2, 0) is 0 Å². The first-order valence-electron chi connectivity index (χ1n) is 7.77. The third kappa shape index (κ3) is 3.80. The van der Waals surface area contributed by atoms with Gasteiger partial charge in [0.15, 0.2) is 0 Å². The molecule has 9 heteroatoms. The average Bonchev–Trinajstić information content (AvgIpc) is 2.59. The maximum atomic E-state index is 12.9. The van der Waals surface area contributed by atoms with Gasteiger partial charge in [0.05, 0.1) is 10.5 Å². The molecule has 0 aliphatic carbocycles. The lowest BCUT2D eigenvalue weighted by atomic mass is 10.0. The minimum atomic E-state index is -0.517. The quantitative estimate of drug-likeness (QED) is 0.634. The molecule has 8 nitrogen and oxygen atoms in total. The molecule has 1 amide bonds. The van der Waals surface area contributed by atoms with Crippen molar-refractivity contribution in [1.29, 1.82) is 0 Å². The molecule has 2 heterocycles. The molecular formula is C16H19ClN4O4. The van der Waals surface area contributed by atoms with Crippen molar-refractivity contribution in [3.63, 3.8) is 0 Å². The minimum Gasteiger partial charge on any atom is -0.337 e. The Labute approximate surface area is 149 Å². The van der Waals surface area contributed by atoms with Crippen LogP contribution in [0, 0.1) is 10.1 Å². The average molecular weight is 367 g/mol. The monoisotopic (exact) mass is 366 g/mol. The summed E-state index contributed by atoms with van der Waals surface area (Å²) >= 11 is 0. The fourth-order valence-electron chi connectivity index (χ4n) is 3.10. The number of hydrogen-bond acceptors (Lipinski definition) is 5. The molecule has 1 aliphatic heterocycles. The molecule has 0 spiro atoms. The lowest BCUT2D eigenvalue weighted by Gasteiger charge is -2.32. The van der Waals surface area contributed by atoms with Gasteiger partial charge in [-0.15, -0.1) is 12.4 Å². The van der Waals surface area contributed by atoms with E-state index in [0.29, 0.717) is 24.0 Å². The fraction of sp³-hybridized carbons (Fsp3) is 0.375. The van der Waals surface area contributed by atoms with Crippen molar-refractivity contribution in [3.8, 4) is 0 Å². The molecular weight excluding hydrogens is 348 g/mol. The first-order valence-corrected chi connectivity index (χ1v) is 7.77. The SMILES string of the molecule is CNC1CCCN(C(=O)c2cc(=O)[nH]c3ccc([N+](=O)[O-])cc23)C1.Cl. The van der Waals surface area contributed by atoms with Crippen molar-refractivity contribution < 1.29 is 9.72 Å². The van der Waals surface area contributed by atoms with Crippen molar-refractivity contribution in [3.05, 3.63) is 50.3 Å². The number of nitro benzene ring substituents is 1. The summed E-state index contributed by atoms with van der Waals surface area (Å²) in [4.78, 5) is 39.5. The van der Waals surface area contributed by atoms with Crippen molar-refractivity contribution >= 4 is 34.9 Å². The van der Waals surface area contributed by atoms with E-state index < -0.39 is 10.5 Å². The van der Waals surface area contributed by atoms with E-state index in [1.807, 2.05) is 7.05 Å². The van der Waals surface area contributed by atoms with Gasteiger partial charge in [0.25, 0.3) is 11.6 Å². The van der Waals surface area contributed by atoms with E-state index in [-0.39, 0.29) is 35.6 Å². The minimum absolute atomic E-state index is 0. The highest BCUT2D eigenvalue weighted by Gasteiger charge is 2.25. The maximum absolute atomic E-state index is 12.9. The number of benzene rings is 1. The summed E-state index contributed by atoms with van der Waals surface area (Å²) in [5.74, 6) is -0.272. The number of aromatic nitrogens is 1. The summed E-state index contributed by atoms with van der Waals surface area (Å²) in [6.07, 6.45) is 1.86. The first-order chi connectivity index (χ1) is 11.5. The Bertz CT molecular complexity index is 867. The maximum Gasteiger partial charge on any atom is 0.270 e. The van der Waals surface area contributed by atoms with Crippen LogP contribution in [0.1, 0.15) is 23.2 Å². The number of rotatable bonds is 3.